The van der Waals surface area contributed by atoms with Gasteiger partial charge in [-0.2, -0.15) is 0 Å². The fraction of sp³-hybridized carbons (Fsp3) is 0.933. The molecule has 4 atom stereocenters. The first kappa shape index (κ1) is 15.7. The van der Waals surface area contributed by atoms with Gasteiger partial charge < -0.3 is 9.84 Å². The van der Waals surface area contributed by atoms with Crippen molar-refractivity contribution in [3.8, 4) is 0 Å². The van der Waals surface area contributed by atoms with Gasteiger partial charge >= 0.3 is 5.97 Å². The number of ether oxygens (including phenoxy) is 1. The molecule has 0 radical (unpaired) electrons. The molecule has 0 aromatic rings. The third-order valence-corrected chi connectivity index (χ3v) is 4.50. The Morgan fingerprint density at radius 2 is 2.15 bits per heavy atom. The van der Waals surface area contributed by atoms with Crippen molar-refractivity contribution in [2.75, 3.05) is 13.2 Å². The van der Waals surface area contributed by atoms with Gasteiger partial charge in [-0.3, -0.25) is 15.0 Å². The molecule has 0 aromatic carbocycles. The number of nitrogens with zero attached hydrogens (tertiary/aromatic N) is 1. The van der Waals surface area contributed by atoms with Crippen LogP contribution in [-0.4, -0.2) is 58.9 Å². The predicted octanol–water partition coefficient (Wildman–Crippen LogP) is 1.47. The molecule has 2 N–H and O–H groups in total. The zero-order valence-corrected chi connectivity index (χ0v) is 13.1. The summed E-state index contributed by atoms with van der Waals surface area (Å²) in [5, 5.41) is 12.9. The van der Waals surface area contributed by atoms with E-state index in [1.807, 2.05) is 6.92 Å². The van der Waals surface area contributed by atoms with Gasteiger partial charge in [-0.25, -0.2) is 0 Å². The molecule has 0 amide bonds. The third-order valence-electron chi connectivity index (χ3n) is 4.50. The number of hydrogen-bond donors (Lipinski definition) is 2. The van der Waals surface area contributed by atoms with E-state index in [0.29, 0.717) is 18.5 Å². The summed E-state index contributed by atoms with van der Waals surface area (Å²) in [4.78, 5) is 14.0. The Morgan fingerprint density at radius 3 is 2.70 bits per heavy atom. The van der Waals surface area contributed by atoms with Crippen LogP contribution in [0.5, 0.6) is 0 Å². The second kappa shape index (κ2) is 6.00. The van der Waals surface area contributed by atoms with Gasteiger partial charge in [-0.05, 0) is 47.0 Å². The van der Waals surface area contributed by atoms with Crippen LogP contribution < -0.4 is 5.32 Å². The molecule has 5 heteroatoms. The highest BCUT2D eigenvalue weighted by atomic mass is 16.5. The molecule has 1 heterocycles. The Hall–Kier alpha value is -0.650. The zero-order chi connectivity index (χ0) is 14.9. The monoisotopic (exact) mass is 284 g/mol. The maximum Gasteiger partial charge on any atom is 0.323 e. The van der Waals surface area contributed by atoms with Gasteiger partial charge in [0.1, 0.15) is 5.54 Å². The fourth-order valence-electron chi connectivity index (χ4n) is 3.14. The van der Waals surface area contributed by atoms with Gasteiger partial charge in [-0.15, -0.1) is 0 Å². The summed E-state index contributed by atoms with van der Waals surface area (Å²) in [6.45, 7) is 9.77. The number of aliphatic carboxylic acids is 1. The standard InChI is InChI=1S/C15H28N2O3/c1-10(17-8-12(3)20-9-11(17)2)7-15(4,14(18)19)16-13-5-6-13/h10-13,16H,5-9H2,1-4H3,(H,18,19). The largest absolute Gasteiger partial charge is 0.480 e. The summed E-state index contributed by atoms with van der Waals surface area (Å²) >= 11 is 0. The van der Waals surface area contributed by atoms with Crippen molar-refractivity contribution in [3.05, 3.63) is 0 Å². The molecule has 1 saturated carbocycles. The zero-order valence-electron chi connectivity index (χ0n) is 13.1. The first-order chi connectivity index (χ1) is 9.32. The summed E-state index contributed by atoms with van der Waals surface area (Å²) < 4.78 is 5.65. The smallest absolute Gasteiger partial charge is 0.323 e. The Labute approximate surface area is 121 Å². The van der Waals surface area contributed by atoms with E-state index in [-0.39, 0.29) is 12.1 Å². The van der Waals surface area contributed by atoms with E-state index in [1.165, 1.54) is 0 Å². The van der Waals surface area contributed by atoms with Gasteiger partial charge in [0.25, 0.3) is 0 Å². The predicted molar refractivity (Wildman–Crippen MR) is 77.9 cm³/mol. The number of rotatable bonds is 6. The molecular formula is C15H28N2O3. The van der Waals surface area contributed by atoms with Crippen LogP contribution in [0.1, 0.15) is 47.0 Å². The summed E-state index contributed by atoms with van der Waals surface area (Å²) in [5.74, 6) is -0.745. The van der Waals surface area contributed by atoms with E-state index in [4.69, 9.17) is 4.74 Å². The van der Waals surface area contributed by atoms with Crippen molar-refractivity contribution in [2.45, 2.75) is 76.7 Å². The van der Waals surface area contributed by atoms with Crippen LogP contribution in [0.15, 0.2) is 0 Å². The van der Waals surface area contributed by atoms with Crippen LogP contribution in [0.25, 0.3) is 0 Å². The molecule has 0 bridgehead atoms. The lowest BCUT2D eigenvalue weighted by Crippen LogP contribution is -2.57. The summed E-state index contributed by atoms with van der Waals surface area (Å²) in [6.07, 6.45) is 3.04. The Morgan fingerprint density at radius 1 is 1.50 bits per heavy atom. The molecule has 0 spiro atoms. The van der Waals surface area contributed by atoms with E-state index in [2.05, 4.69) is 31.0 Å². The van der Waals surface area contributed by atoms with Crippen molar-refractivity contribution >= 4 is 5.97 Å². The highest BCUT2D eigenvalue weighted by molar-refractivity contribution is 5.78. The molecule has 4 unspecified atom stereocenters. The molecular weight excluding hydrogens is 256 g/mol. The van der Waals surface area contributed by atoms with Gasteiger partial charge in [0.05, 0.1) is 12.7 Å². The summed E-state index contributed by atoms with van der Waals surface area (Å²) in [5.41, 5.74) is -0.832. The van der Waals surface area contributed by atoms with Crippen molar-refractivity contribution in [1.82, 2.24) is 10.2 Å². The van der Waals surface area contributed by atoms with Gasteiger partial charge in [-0.1, -0.05) is 0 Å². The van der Waals surface area contributed by atoms with Crippen LogP contribution in [0.2, 0.25) is 0 Å². The molecule has 1 aliphatic carbocycles. The van der Waals surface area contributed by atoms with E-state index in [9.17, 15) is 9.90 Å². The maximum atomic E-state index is 11.6. The van der Waals surface area contributed by atoms with Crippen LogP contribution in [0.4, 0.5) is 0 Å². The molecule has 2 fully saturated rings. The lowest BCUT2D eigenvalue weighted by atomic mass is 9.91. The molecule has 116 valence electrons. The second-order valence-corrected chi connectivity index (χ2v) is 6.80. The van der Waals surface area contributed by atoms with Gasteiger partial charge in [0, 0.05) is 24.7 Å². The van der Waals surface area contributed by atoms with E-state index in [1.54, 1.807) is 0 Å². The first-order valence-electron chi connectivity index (χ1n) is 7.70. The normalized spacial score (nSPS) is 32.6. The van der Waals surface area contributed by atoms with Gasteiger partial charge in [0.2, 0.25) is 0 Å². The molecule has 5 nitrogen and oxygen atoms in total. The summed E-state index contributed by atoms with van der Waals surface area (Å²) in [7, 11) is 0. The lowest BCUT2D eigenvalue weighted by Gasteiger charge is -2.43. The van der Waals surface area contributed by atoms with Crippen molar-refractivity contribution < 1.29 is 14.6 Å². The maximum absolute atomic E-state index is 11.6. The second-order valence-electron chi connectivity index (χ2n) is 6.80. The average molecular weight is 284 g/mol. The topological polar surface area (TPSA) is 61.8 Å². The Bertz CT molecular complexity index is 359. The number of carboxylic acid groups (broad SMARTS) is 1. The molecule has 2 aliphatic rings. The number of nitrogens with one attached hydrogen (secondary N) is 1. The quantitative estimate of drug-likeness (QED) is 0.773. The van der Waals surface area contributed by atoms with Gasteiger partial charge in [0.15, 0.2) is 0 Å². The van der Waals surface area contributed by atoms with E-state index >= 15 is 0 Å². The van der Waals surface area contributed by atoms with Crippen LogP contribution in [0, 0.1) is 0 Å². The highest BCUT2D eigenvalue weighted by Crippen LogP contribution is 2.27. The Balaban J connectivity index is 1.99. The SMILES string of the molecule is CC1CN(C(C)CC(C)(NC2CC2)C(=O)O)C(C)CO1. The van der Waals surface area contributed by atoms with Crippen molar-refractivity contribution in [1.29, 1.82) is 0 Å². The first-order valence-corrected chi connectivity index (χ1v) is 7.70. The van der Waals surface area contributed by atoms with Crippen LogP contribution >= 0.6 is 0 Å². The minimum atomic E-state index is -0.832. The minimum Gasteiger partial charge on any atom is -0.480 e. The van der Waals surface area contributed by atoms with E-state index in [0.717, 1.165) is 26.0 Å². The van der Waals surface area contributed by atoms with Crippen LogP contribution in [-0.2, 0) is 9.53 Å². The summed E-state index contributed by atoms with van der Waals surface area (Å²) in [6, 6.07) is 0.966. The molecule has 0 aromatic heterocycles. The highest BCUT2D eigenvalue weighted by Gasteiger charge is 2.41. The molecule has 20 heavy (non-hydrogen) atoms. The van der Waals surface area contributed by atoms with Crippen molar-refractivity contribution in [2.24, 2.45) is 0 Å². The minimum absolute atomic E-state index is 0.223. The van der Waals surface area contributed by atoms with E-state index < -0.39 is 11.5 Å². The number of carbonyl (C=O) groups is 1. The lowest BCUT2D eigenvalue weighted by molar-refractivity contribution is -0.145. The van der Waals surface area contributed by atoms with Crippen LogP contribution in [0.3, 0.4) is 0 Å². The molecule has 1 aliphatic heterocycles. The average Bonchev–Trinajstić information content (AvgIpc) is 3.15. The third kappa shape index (κ3) is 3.71. The van der Waals surface area contributed by atoms with Crippen molar-refractivity contribution in [3.63, 3.8) is 0 Å². The Kier molecular flexibility index (Phi) is 4.72. The number of morpholine rings is 1. The number of carboxylic acids is 1. The number of hydrogen-bond acceptors (Lipinski definition) is 4. The fourth-order valence-corrected chi connectivity index (χ4v) is 3.14. The molecule has 2 rings (SSSR count). The molecule has 1 saturated heterocycles.